The van der Waals surface area contributed by atoms with E-state index in [2.05, 4.69) is 29.8 Å². The molecule has 42 nitrogen and oxygen atoms in total. The second-order valence-electron chi connectivity index (χ2n) is 36.0. The smallest absolute Gasteiger partial charge is 0.364 e. The number of aliphatic hydroxyl groups is 19. The number of hydrogen-bond acceptors (Lipinski definition) is 37. The van der Waals surface area contributed by atoms with E-state index in [4.69, 9.17) is 56.8 Å². The number of allylic oxidation sites excluding steroid dienone is 1. The van der Waals surface area contributed by atoms with Gasteiger partial charge in [-0.2, -0.15) is 0 Å². The summed E-state index contributed by atoms with van der Waals surface area (Å²) in [5, 5.41) is 246. The van der Waals surface area contributed by atoms with Crippen molar-refractivity contribution in [1.82, 2.24) is 16.0 Å². The molecule has 6 aliphatic rings. The lowest BCUT2D eigenvalue weighted by molar-refractivity contribution is -0.407. The molecule has 6 fully saturated rings. The highest BCUT2D eigenvalue weighted by Gasteiger charge is 2.64. The summed E-state index contributed by atoms with van der Waals surface area (Å²) in [4.78, 5) is 80.6. The van der Waals surface area contributed by atoms with Crippen molar-refractivity contribution >= 4 is 35.4 Å². The summed E-state index contributed by atoms with van der Waals surface area (Å²) >= 11 is 0. The van der Waals surface area contributed by atoms with E-state index in [1.165, 1.54) is 128 Å². The van der Waals surface area contributed by atoms with Crippen molar-refractivity contribution in [3.63, 3.8) is 0 Å². The minimum absolute atomic E-state index is 0.0890. The Morgan fingerprint density at radius 1 is 0.435 bits per heavy atom. The van der Waals surface area contributed by atoms with Crippen LogP contribution < -0.4 is 16.0 Å². The molecule has 6 aliphatic heterocycles. The molecule has 762 valence electrons. The second-order valence-corrected chi connectivity index (χ2v) is 36.0. The molecule has 6 rings (SSSR count). The Hall–Kier alpha value is -4.48. The maximum atomic E-state index is 14.4. The number of aliphatic hydroxyl groups excluding tert-OH is 19. The molecular formula is C89H157N3O39. The van der Waals surface area contributed by atoms with Crippen LogP contribution in [0.4, 0.5) is 0 Å². The van der Waals surface area contributed by atoms with Crippen molar-refractivity contribution in [2.75, 3.05) is 46.2 Å². The molecular weight excluding hydrogens is 1730 g/mol. The first-order chi connectivity index (χ1) is 62.6. The molecule has 24 N–H and O–H groups in total. The van der Waals surface area contributed by atoms with Gasteiger partial charge in [0.15, 0.2) is 25.2 Å². The molecule has 42 heteroatoms. The van der Waals surface area contributed by atoms with Gasteiger partial charge in [-0.3, -0.25) is 14.4 Å². The molecule has 131 heavy (non-hydrogen) atoms. The fourth-order valence-electron chi connectivity index (χ4n) is 17.9. The third kappa shape index (κ3) is 34.8. The van der Waals surface area contributed by atoms with Gasteiger partial charge in [0.05, 0.1) is 88.8 Å². The zero-order chi connectivity index (χ0) is 96.7. The highest BCUT2D eigenvalue weighted by atomic mass is 16.8. The Morgan fingerprint density at radius 3 is 1.32 bits per heavy atom. The first-order valence-corrected chi connectivity index (χ1v) is 47.4. The maximum absolute atomic E-state index is 14.4. The van der Waals surface area contributed by atoms with Crippen molar-refractivity contribution in [2.24, 2.45) is 5.92 Å². The molecule has 34 atom stereocenters. The predicted molar refractivity (Wildman–Crippen MR) is 459 cm³/mol. The SMILES string of the molecule is CCCCCCCCCCCCCC=C[C@@H](O)[C@H](CO[C@@H]1O[C@H](CO)[C@@H](O[C@@H]2O[C@H](CO)[C@H](O[C@@H]3O[C@H](CO)[C@H](O)[C@H](O[C@@H]4O[C@H](CO)[C@H](O)[C@H](O)[C@H]4O)[C@H]3CC(C)=O)[C@H](O[C@]3(C(=O)O)C[C@H](O)[C@@H](NC(C)=O)C([C@H](O)[C@@H](CO)O[C@]4(C(=O)O)C[C@H](O)[C@@H](NC(C)=O)C([C@H](O)[C@H](O)CO)O4)O3)[C@H]2O)[C@H](O)[C@H]1O)NC(=O)CCCCCCCCCCCCCCCCCCCCC. The molecule has 2 unspecified atom stereocenters. The van der Waals surface area contributed by atoms with E-state index in [1.54, 1.807) is 6.08 Å². The number of carbonyl (C=O) groups is 6. The van der Waals surface area contributed by atoms with E-state index in [0.717, 1.165) is 85.0 Å². The summed E-state index contributed by atoms with van der Waals surface area (Å²) in [6.45, 7) is -0.763. The maximum Gasteiger partial charge on any atom is 0.364 e. The average molecular weight is 1890 g/mol. The van der Waals surface area contributed by atoms with Crippen LogP contribution in [0.1, 0.15) is 259 Å². The first-order valence-electron chi connectivity index (χ1n) is 47.4. The van der Waals surface area contributed by atoms with E-state index in [0.29, 0.717) is 12.8 Å². The summed E-state index contributed by atoms with van der Waals surface area (Å²) in [6, 6.07) is -5.10. The Kier molecular flexibility index (Phi) is 52.5. The van der Waals surface area contributed by atoms with Gasteiger partial charge in [0.25, 0.3) is 11.6 Å². The van der Waals surface area contributed by atoms with Crippen molar-refractivity contribution in [2.45, 2.75) is 461 Å². The molecule has 3 amide bonds. The number of ether oxygens (including phenoxy) is 12. The Bertz CT molecular complexity index is 3270. The molecule has 0 aromatic rings. The van der Waals surface area contributed by atoms with E-state index in [-0.39, 0.29) is 6.42 Å². The van der Waals surface area contributed by atoms with Crippen molar-refractivity contribution in [3.8, 4) is 0 Å². The van der Waals surface area contributed by atoms with E-state index in [9.17, 15) is 136 Å². The normalized spacial score (nSPS) is 34.4. The first kappa shape index (κ1) is 115. The largest absolute Gasteiger partial charge is 0.477 e. The standard InChI is InChI=1S/C89H157N3O39/c1-6-8-10-12-14-16-18-20-21-22-23-24-25-27-29-31-33-35-37-39-64(106)92-54(55(102)38-36-34-32-30-28-26-19-17-15-13-11-9-7-2)49-120-83-74(114)72(112)77(62(47-97)123-83)126-85-75(115)81(78(63(48-98)124-85)127-82-53(40-50(3)99)76(69(109)60(45-95)121-82)125-84-73(113)71(111)68(108)59(44-94)122-84)131-89(87(118)119)42-57(104)66(91-52(5)101)80(130-89)70(110)61(46-96)128-88(86(116)117)41-56(103)65(90-51(4)100)79(129-88)67(107)58(105)43-93/h36,38,53-63,65-85,93-98,102-105,107-115H,6-35,37,39-49H2,1-5H3,(H,90,100)(H,91,101)(H,92,106)(H,116,117)(H,118,119)/t53-,54+,55-,56+,57+,58-,59-,60-,61-,62-,63-,65-,66-,67-,68+,69+,70-,71+,72-,73-,74-,75-,76-,77-,78+,79?,80?,81-,82+,83-,84+,85+,88-,89+/m1/s1. The van der Waals surface area contributed by atoms with Crippen molar-refractivity contribution < 1.29 is 193 Å². The number of unbranched alkanes of at least 4 members (excludes halogenated alkanes) is 29. The monoisotopic (exact) mass is 1890 g/mol. The lowest BCUT2D eigenvalue weighted by Gasteiger charge is -2.53. The zero-order valence-corrected chi connectivity index (χ0v) is 76.6. The van der Waals surface area contributed by atoms with Gasteiger partial charge in [-0.1, -0.05) is 206 Å². The zero-order valence-electron chi connectivity index (χ0n) is 76.6. The summed E-state index contributed by atoms with van der Waals surface area (Å²) in [6.07, 6.45) is -26.7. The molecule has 0 bridgehead atoms. The number of ketones is 1. The number of carbonyl (C=O) groups excluding carboxylic acids is 4. The quantitative estimate of drug-likeness (QED) is 0.0251. The summed E-state index contributed by atoms with van der Waals surface area (Å²) in [5.41, 5.74) is 0. The third-order valence-electron chi connectivity index (χ3n) is 25.4. The van der Waals surface area contributed by atoms with Crippen molar-refractivity contribution in [3.05, 3.63) is 12.2 Å². The number of rotatable bonds is 64. The van der Waals surface area contributed by atoms with Crippen LogP contribution in [0.5, 0.6) is 0 Å². The molecule has 0 aliphatic carbocycles. The number of nitrogens with one attached hydrogen (secondary N) is 3. The van der Waals surface area contributed by atoms with Gasteiger partial charge in [0.1, 0.15) is 128 Å². The van der Waals surface area contributed by atoms with E-state index in [1.807, 2.05) is 0 Å². The predicted octanol–water partition coefficient (Wildman–Crippen LogP) is -1.22. The number of amides is 3. The summed E-state index contributed by atoms with van der Waals surface area (Å²) in [7, 11) is 0. The molecule has 6 heterocycles. The lowest BCUT2D eigenvalue weighted by Crippen LogP contribution is -2.72. The van der Waals surface area contributed by atoms with E-state index < -0.39 is 308 Å². The van der Waals surface area contributed by atoms with Gasteiger partial charge >= 0.3 is 11.9 Å². The number of carboxylic acids is 2. The molecule has 0 radical (unpaired) electrons. The van der Waals surface area contributed by atoms with E-state index >= 15 is 0 Å². The van der Waals surface area contributed by atoms with Crippen LogP contribution in [0.2, 0.25) is 0 Å². The number of aliphatic carboxylic acids is 2. The fraction of sp³-hybridized carbons (Fsp3) is 0.910. The van der Waals surface area contributed by atoms with Crippen molar-refractivity contribution in [1.29, 1.82) is 0 Å². The summed E-state index contributed by atoms with van der Waals surface area (Å²) in [5.74, 6) is -16.5. The van der Waals surface area contributed by atoms with Crippen LogP contribution >= 0.6 is 0 Å². The highest BCUT2D eigenvalue weighted by molar-refractivity contribution is 5.78. The molecule has 0 aromatic heterocycles. The topological polar surface area (TPSA) is 674 Å². The Labute approximate surface area is 766 Å². The highest BCUT2D eigenvalue weighted by Crippen LogP contribution is 2.44. The minimum atomic E-state index is -3.68. The van der Waals surface area contributed by atoms with Crippen LogP contribution in [-0.4, -0.2) is 390 Å². The number of Topliss-reactive ketones (excluding diaryl/α,β-unsaturated/α-hetero) is 1. The van der Waals surface area contributed by atoms with Gasteiger partial charge in [-0.25, -0.2) is 9.59 Å². The van der Waals surface area contributed by atoms with Gasteiger partial charge in [0.2, 0.25) is 17.7 Å². The minimum Gasteiger partial charge on any atom is -0.477 e. The van der Waals surface area contributed by atoms with Gasteiger partial charge in [-0.05, 0) is 26.2 Å². The molecule has 0 aromatic carbocycles. The Balaban J connectivity index is 1.30. The van der Waals surface area contributed by atoms with Gasteiger partial charge in [0, 0.05) is 45.4 Å². The third-order valence-corrected chi connectivity index (χ3v) is 25.4. The number of hydrogen-bond donors (Lipinski definition) is 24. The average Bonchev–Trinajstić information content (AvgIpc) is 0.738. The van der Waals surface area contributed by atoms with Crippen LogP contribution in [0, 0.1) is 5.92 Å². The fourth-order valence-corrected chi connectivity index (χ4v) is 17.9. The van der Waals surface area contributed by atoms with Crippen LogP contribution in [0.25, 0.3) is 0 Å². The molecule has 0 spiro atoms. The molecule has 6 saturated heterocycles. The molecule has 0 saturated carbocycles. The van der Waals surface area contributed by atoms with Gasteiger partial charge in [-0.15, -0.1) is 0 Å². The van der Waals surface area contributed by atoms with Gasteiger partial charge < -0.3 is 185 Å². The summed E-state index contributed by atoms with van der Waals surface area (Å²) < 4.78 is 72.6. The second kappa shape index (κ2) is 59.7. The van der Waals surface area contributed by atoms with Crippen LogP contribution in [0.15, 0.2) is 12.2 Å². The van der Waals surface area contributed by atoms with Crippen LogP contribution in [-0.2, 0) is 85.6 Å². The Morgan fingerprint density at radius 2 is 0.847 bits per heavy atom. The number of carboxylic acid groups (broad SMARTS) is 2. The van der Waals surface area contributed by atoms with Crippen LogP contribution in [0.3, 0.4) is 0 Å². The lowest BCUT2D eigenvalue weighted by atomic mass is 9.86.